The van der Waals surface area contributed by atoms with Gasteiger partial charge < -0.3 is 9.64 Å². The second-order valence-corrected chi connectivity index (χ2v) is 6.04. The van der Waals surface area contributed by atoms with Gasteiger partial charge in [0.05, 0.1) is 15.1 Å². The fourth-order valence-electron chi connectivity index (χ4n) is 2.58. The van der Waals surface area contributed by atoms with Crippen molar-refractivity contribution in [3.63, 3.8) is 0 Å². The summed E-state index contributed by atoms with van der Waals surface area (Å²) in [6.45, 7) is -3.90. The van der Waals surface area contributed by atoms with Gasteiger partial charge in [0, 0.05) is 21.7 Å². The molecule has 0 bridgehead atoms. The van der Waals surface area contributed by atoms with E-state index in [2.05, 4.69) is 0 Å². The van der Waals surface area contributed by atoms with Gasteiger partial charge in [-0.25, -0.2) is 0 Å². The number of halogens is 1. The number of benzene rings is 2. The molecular weight excluding hydrogens is 318 g/mol. The molecule has 1 saturated heterocycles. The Morgan fingerprint density at radius 3 is 2.67 bits per heavy atom. The van der Waals surface area contributed by atoms with Gasteiger partial charge in [0.1, 0.15) is 5.60 Å². The minimum absolute atomic E-state index is 0.201. The number of hydrogen-bond acceptors (Lipinski definition) is 2. The topological polar surface area (TPSA) is 12.5 Å². The zero-order chi connectivity index (χ0) is 29.1. The van der Waals surface area contributed by atoms with E-state index < -0.39 is 102 Å². The van der Waals surface area contributed by atoms with Crippen molar-refractivity contribution in [3.05, 3.63) is 70.5 Å². The summed E-state index contributed by atoms with van der Waals surface area (Å²) in [5.74, 6) is 0. The molecule has 1 aliphatic rings. The minimum Gasteiger partial charge on any atom is -0.366 e. The SMILES string of the molecule is [2H]c1c([2H])c([2H])c([C@@](C)(OC([2H])([2H])C[C@H]2CCCN2C([2H])([2H])[2H])c2c([2H])c([2H])c(Cl)c([2H])c2[2H])c([2H])c1[2H]. The van der Waals surface area contributed by atoms with Crippen LogP contribution in [0.3, 0.4) is 0 Å². The normalized spacial score (nSPS) is 30.3. The molecule has 0 radical (unpaired) electrons. The average Bonchev–Trinajstić information content (AvgIpc) is 3.26. The van der Waals surface area contributed by atoms with Gasteiger partial charge in [0.2, 0.25) is 0 Å². The van der Waals surface area contributed by atoms with E-state index in [1.165, 1.54) is 0 Å². The summed E-state index contributed by atoms with van der Waals surface area (Å²) in [6.07, 6.45) is 0.346. The number of ether oxygens (including phenoxy) is 1. The highest BCUT2D eigenvalue weighted by Crippen LogP contribution is 2.34. The van der Waals surface area contributed by atoms with Crippen molar-refractivity contribution >= 4 is 11.6 Å². The van der Waals surface area contributed by atoms with Crippen LogP contribution in [0.2, 0.25) is 5.02 Å². The Morgan fingerprint density at radius 2 is 1.96 bits per heavy atom. The molecule has 0 spiro atoms. The summed E-state index contributed by atoms with van der Waals surface area (Å²) in [5, 5.41) is -0.519. The Hall–Kier alpha value is -1.35. The van der Waals surface area contributed by atoms with Crippen molar-refractivity contribution in [1.29, 1.82) is 0 Å². The van der Waals surface area contributed by atoms with Crippen molar-refractivity contribution in [2.45, 2.75) is 37.8 Å². The van der Waals surface area contributed by atoms with Crippen LogP contribution in [0.15, 0.2) is 54.4 Å². The first kappa shape index (κ1) is 7.11. The zero-order valence-corrected chi connectivity index (χ0v) is 13.9. The van der Waals surface area contributed by atoms with Crippen molar-refractivity contribution in [2.24, 2.45) is 0 Å². The van der Waals surface area contributed by atoms with Crippen molar-refractivity contribution in [2.75, 3.05) is 20.1 Å². The Kier molecular flexibility index (Phi) is 2.28. The largest absolute Gasteiger partial charge is 0.366 e. The molecule has 0 N–H and O–H groups in total. The number of nitrogens with zero attached hydrogens (tertiary/aromatic N) is 1. The van der Waals surface area contributed by atoms with E-state index in [4.69, 9.17) is 35.5 Å². The van der Waals surface area contributed by atoms with E-state index in [9.17, 15) is 0 Å². The molecule has 24 heavy (non-hydrogen) atoms. The van der Waals surface area contributed by atoms with Crippen molar-refractivity contribution in [1.82, 2.24) is 4.90 Å². The predicted molar refractivity (Wildman–Crippen MR) is 101 cm³/mol. The maximum atomic E-state index is 8.66. The van der Waals surface area contributed by atoms with E-state index in [-0.39, 0.29) is 6.54 Å². The molecule has 1 aliphatic heterocycles. The Labute approximate surface area is 170 Å². The van der Waals surface area contributed by atoms with E-state index in [0.29, 0.717) is 12.8 Å². The van der Waals surface area contributed by atoms with Crippen LogP contribution < -0.4 is 0 Å². The Bertz CT molecular complexity index is 1140. The van der Waals surface area contributed by atoms with Crippen LogP contribution in [0, 0.1) is 0 Å². The summed E-state index contributed by atoms with van der Waals surface area (Å²) in [4.78, 5) is 1.16. The molecule has 128 valence electrons. The molecule has 0 saturated carbocycles. The predicted octanol–water partition coefficient (Wildman–Crippen LogP) is 5.10. The lowest BCUT2D eigenvalue weighted by atomic mass is 9.88. The molecule has 1 fully saturated rings. The highest BCUT2D eigenvalue weighted by Gasteiger charge is 2.30. The standard InChI is InChI=1S/C21H26ClNO/c1-21(17-7-4-3-5-8-17,18-10-12-19(22)13-11-18)24-16-14-20-9-6-15-23(20)2/h3-5,7-8,10-13,20H,6,9,14-16H2,1-2H3/t20-,21-/m1/s1/i2D3,3D,4D,5D,7D,8D,10D,11D,12D,13D,16D2. The lowest BCUT2D eigenvalue weighted by Gasteiger charge is -2.32. The number of likely N-dealkylation sites (tertiary alicyclic amines) is 1. The van der Waals surface area contributed by atoms with E-state index in [1.807, 2.05) is 0 Å². The fourth-order valence-corrected chi connectivity index (χ4v) is 2.68. The molecule has 2 aromatic carbocycles. The summed E-state index contributed by atoms with van der Waals surface area (Å²) < 4.78 is 121. The van der Waals surface area contributed by atoms with Gasteiger partial charge >= 0.3 is 0 Å². The smallest absolute Gasteiger partial charge is 0.115 e. The summed E-state index contributed by atoms with van der Waals surface area (Å²) in [7, 11) is 0. The highest BCUT2D eigenvalue weighted by atomic mass is 35.5. The molecule has 0 aromatic heterocycles. The lowest BCUT2D eigenvalue weighted by Crippen LogP contribution is -2.31. The van der Waals surface area contributed by atoms with Crippen molar-refractivity contribution in [3.8, 4) is 0 Å². The molecule has 2 nitrogen and oxygen atoms in total. The quantitative estimate of drug-likeness (QED) is 0.712. The average molecular weight is 358 g/mol. The second kappa shape index (κ2) is 7.69. The van der Waals surface area contributed by atoms with Crippen molar-refractivity contribution < 1.29 is 23.9 Å². The van der Waals surface area contributed by atoms with Crippen LogP contribution in [-0.2, 0) is 10.3 Å². The van der Waals surface area contributed by atoms with Crippen LogP contribution in [-0.4, -0.2) is 31.0 Å². The van der Waals surface area contributed by atoms with Gasteiger partial charge in [-0.15, -0.1) is 0 Å². The fraction of sp³-hybridized carbons (Fsp3) is 0.429. The first-order chi connectivity index (χ1) is 17.3. The summed E-state index contributed by atoms with van der Waals surface area (Å²) in [5.41, 5.74) is -3.64. The molecule has 0 amide bonds. The molecule has 3 rings (SSSR count). The first-order valence-electron chi connectivity index (χ1n) is 14.6. The van der Waals surface area contributed by atoms with Gasteiger partial charge in [-0.2, -0.15) is 0 Å². The third-order valence-electron chi connectivity index (χ3n) is 4.02. The van der Waals surface area contributed by atoms with E-state index >= 15 is 0 Å². The van der Waals surface area contributed by atoms with E-state index in [1.54, 1.807) is 0 Å². The van der Waals surface area contributed by atoms with Gasteiger partial charge in [-0.1, -0.05) is 53.9 Å². The Morgan fingerprint density at radius 1 is 1.25 bits per heavy atom. The van der Waals surface area contributed by atoms with Crippen LogP contribution in [0.1, 0.15) is 56.5 Å². The number of rotatable bonds is 6. The second-order valence-electron chi connectivity index (χ2n) is 5.66. The minimum atomic E-state index is -2.71. The molecule has 2 atom stereocenters. The van der Waals surface area contributed by atoms with E-state index in [0.717, 1.165) is 11.8 Å². The maximum Gasteiger partial charge on any atom is 0.115 e. The first-order valence-corrected chi connectivity index (χ1v) is 7.94. The van der Waals surface area contributed by atoms with Gasteiger partial charge in [0.25, 0.3) is 0 Å². The molecule has 1 heterocycles. The van der Waals surface area contributed by atoms with Crippen LogP contribution in [0.5, 0.6) is 0 Å². The van der Waals surface area contributed by atoms with Gasteiger partial charge in [-0.3, -0.25) is 0 Å². The zero-order valence-electron chi connectivity index (χ0n) is 27.1. The third kappa shape index (κ3) is 3.83. The van der Waals surface area contributed by atoms with Crippen LogP contribution in [0.25, 0.3) is 0 Å². The summed E-state index contributed by atoms with van der Waals surface area (Å²) in [6, 6.07) is -7.49. The third-order valence-corrected chi connectivity index (χ3v) is 4.21. The van der Waals surface area contributed by atoms with Gasteiger partial charge in [-0.05, 0) is 62.9 Å². The molecule has 0 aliphatic carbocycles. The molecule has 3 heteroatoms. The molecule has 2 aromatic rings. The maximum absolute atomic E-state index is 8.66. The van der Waals surface area contributed by atoms with Crippen LogP contribution >= 0.6 is 11.6 Å². The Balaban J connectivity index is 2.30. The summed E-state index contributed by atoms with van der Waals surface area (Å²) >= 11 is 5.95. The highest BCUT2D eigenvalue weighted by molar-refractivity contribution is 6.30. The number of hydrogen-bond donors (Lipinski definition) is 0. The molecule has 0 unspecified atom stereocenters. The van der Waals surface area contributed by atoms with Crippen LogP contribution in [0.4, 0.5) is 0 Å². The van der Waals surface area contributed by atoms with Gasteiger partial charge in [0.15, 0.2) is 0 Å². The lowest BCUT2D eigenvalue weighted by molar-refractivity contribution is -0.0117. The molecular formula is C21H26ClNO. The monoisotopic (exact) mass is 357 g/mol.